The van der Waals surface area contributed by atoms with Gasteiger partial charge in [-0.1, -0.05) is 43.6 Å². The van der Waals surface area contributed by atoms with Gasteiger partial charge < -0.3 is 5.32 Å². The first-order valence-corrected chi connectivity index (χ1v) is 9.05. The number of amides is 1. The molecule has 0 saturated heterocycles. The fourth-order valence-electron chi connectivity index (χ4n) is 2.53. The molecule has 7 heteroatoms. The van der Waals surface area contributed by atoms with Gasteiger partial charge in [0.1, 0.15) is 5.02 Å². The fraction of sp³-hybridized carbons (Fsp3) is 0.250. The van der Waals surface area contributed by atoms with Gasteiger partial charge in [0, 0.05) is 24.4 Å². The van der Waals surface area contributed by atoms with E-state index < -0.39 is 4.92 Å². The SMILES string of the molecule is CCN(CC)Cc1ccc(NC(=O)/C=C/c2ccc(Cl)c([N+](=O)[O-])c2)cc1. The van der Waals surface area contributed by atoms with Crippen LogP contribution in [0.2, 0.25) is 5.02 Å². The van der Waals surface area contributed by atoms with Crippen LogP contribution in [-0.2, 0) is 11.3 Å². The molecule has 142 valence electrons. The molecule has 2 rings (SSSR count). The summed E-state index contributed by atoms with van der Waals surface area (Å²) in [5.41, 5.74) is 2.20. The molecule has 2 aromatic rings. The van der Waals surface area contributed by atoms with Crippen molar-refractivity contribution < 1.29 is 9.72 Å². The molecular weight excluding hydrogens is 366 g/mol. The van der Waals surface area contributed by atoms with E-state index in [1.165, 1.54) is 29.8 Å². The summed E-state index contributed by atoms with van der Waals surface area (Å²) in [6, 6.07) is 12.1. The van der Waals surface area contributed by atoms with Gasteiger partial charge in [-0.2, -0.15) is 0 Å². The largest absolute Gasteiger partial charge is 0.323 e. The van der Waals surface area contributed by atoms with Gasteiger partial charge in [0.15, 0.2) is 0 Å². The standard InChI is InChI=1S/C20H22ClN3O3/c1-3-23(4-2)14-16-5-9-17(10-6-16)22-20(25)12-8-15-7-11-18(21)19(13-15)24(26)27/h5-13H,3-4,14H2,1-2H3,(H,22,25)/b12-8+. The van der Waals surface area contributed by atoms with Crippen LogP contribution in [0.15, 0.2) is 48.5 Å². The van der Waals surface area contributed by atoms with Crippen molar-refractivity contribution in [3.63, 3.8) is 0 Å². The summed E-state index contributed by atoms with van der Waals surface area (Å²) >= 11 is 5.78. The second-order valence-electron chi connectivity index (χ2n) is 5.95. The van der Waals surface area contributed by atoms with Crippen LogP contribution < -0.4 is 5.32 Å². The molecule has 0 radical (unpaired) electrons. The van der Waals surface area contributed by atoms with Crippen LogP contribution in [0.5, 0.6) is 0 Å². The van der Waals surface area contributed by atoms with Gasteiger partial charge in [0.2, 0.25) is 5.91 Å². The van der Waals surface area contributed by atoms with Crippen LogP contribution in [0.25, 0.3) is 6.08 Å². The summed E-state index contributed by atoms with van der Waals surface area (Å²) in [6.45, 7) is 7.10. The van der Waals surface area contributed by atoms with E-state index in [4.69, 9.17) is 11.6 Å². The molecule has 0 bridgehead atoms. The van der Waals surface area contributed by atoms with Crippen molar-refractivity contribution in [1.29, 1.82) is 0 Å². The summed E-state index contributed by atoms with van der Waals surface area (Å²) < 4.78 is 0. The Kier molecular flexibility index (Phi) is 7.52. The lowest BCUT2D eigenvalue weighted by Crippen LogP contribution is -2.22. The molecule has 1 N–H and O–H groups in total. The van der Waals surface area contributed by atoms with Gasteiger partial charge in [0.05, 0.1) is 4.92 Å². The molecule has 1 amide bonds. The lowest BCUT2D eigenvalue weighted by atomic mass is 10.1. The predicted molar refractivity (Wildman–Crippen MR) is 109 cm³/mol. The molecule has 0 aliphatic rings. The highest BCUT2D eigenvalue weighted by Crippen LogP contribution is 2.25. The monoisotopic (exact) mass is 387 g/mol. The number of carbonyl (C=O) groups is 1. The van der Waals surface area contributed by atoms with Crippen molar-refractivity contribution in [3.05, 3.63) is 74.8 Å². The molecule has 6 nitrogen and oxygen atoms in total. The molecular formula is C20H22ClN3O3. The number of nitrogens with zero attached hydrogens (tertiary/aromatic N) is 2. The third-order valence-corrected chi connectivity index (χ3v) is 4.44. The molecule has 0 fully saturated rings. The first-order valence-electron chi connectivity index (χ1n) is 8.67. The number of nitro groups is 1. The first kappa shape index (κ1) is 20.6. The molecule has 0 saturated carbocycles. The summed E-state index contributed by atoms with van der Waals surface area (Å²) in [5, 5.41) is 13.7. The van der Waals surface area contributed by atoms with Crippen LogP contribution in [-0.4, -0.2) is 28.8 Å². The maximum atomic E-state index is 12.1. The Balaban J connectivity index is 1.98. The highest BCUT2D eigenvalue weighted by Gasteiger charge is 2.11. The number of nitrogens with one attached hydrogen (secondary N) is 1. The third kappa shape index (κ3) is 6.20. The van der Waals surface area contributed by atoms with Crippen LogP contribution >= 0.6 is 11.6 Å². The Morgan fingerprint density at radius 2 is 1.85 bits per heavy atom. The maximum Gasteiger partial charge on any atom is 0.288 e. The minimum absolute atomic E-state index is 0.0615. The summed E-state index contributed by atoms with van der Waals surface area (Å²) in [4.78, 5) is 24.7. The predicted octanol–water partition coefficient (Wildman–Crippen LogP) is 4.74. The molecule has 0 heterocycles. The maximum absolute atomic E-state index is 12.1. The van der Waals surface area contributed by atoms with Crippen molar-refractivity contribution in [2.75, 3.05) is 18.4 Å². The first-order chi connectivity index (χ1) is 12.9. The van der Waals surface area contributed by atoms with Crippen molar-refractivity contribution in [3.8, 4) is 0 Å². The van der Waals surface area contributed by atoms with E-state index >= 15 is 0 Å². The van der Waals surface area contributed by atoms with Gasteiger partial charge >= 0.3 is 0 Å². The minimum atomic E-state index is -0.556. The number of hydrogen-bond donors (Lipinski definition) is 1. The second kappa shape index (κ2) is 9.85. The zero-order chi connectivity index (χ0) is 19.8. The van der Waals surface area contributed by atoms with E-state index in [0.717, 1.165) is 19.6 Å². The van der Waals surface area contributed by atoms with Crippen LogP contribution in [0.3, 0.4) is 0 Å². The number of anilines is 1. The Bertz CT molecular complexity index is 831. The highest BCUT2D eigenvalue weighted by molar-refractivity contribution is 6.32. The van der Waals surface area contributed by atoms with E-state index in [1.807, 2.05) is 24.3 Å². The minimum Gasteiger partial charge on any atom is -0.323 e. The normalized spacial score (nSPS) is 11.1. The summed E-state index contributed by atoms with van der Waals surface area (Å²) in [6.07, 6.45) is 2.84. The summed E-state index contributed by atoms with van der Waals surface area (Å²) in [5.74, 6) is -0.316. The lowest BCUT2D eigenvalue weighted by molar-refractivity contribution is -0.384. The van der Waals surface area contributed by atoms with Crippen molar-refractivity contribution in [1.82, 2.24) is 4.90 Å². The van der Waals surface area contributed by atoms with Crippen molar-refractivity contribution in [2.45, 2.75) is 20.4 Å². The zero-order valence-corrected chi connectivity index (χ0v) is 16.1. The Morgan fingerprint density at radius 3 is 2.44 bits per heavy atom. The Labute approximate surface area is 163 Å². The quantitative estimate of drug-likeness (QED) is 0.403. The number of nitro benzene ring substituents is 1. The van der Waals surface area contributed by atoms with Gasteiger partial charge in [0.25, 0.3) is 5.69 Å². The van der Waals surface area contributed by atoms with Crippen molar-refractivity contribution in [2.24, 2.45) is 0 Å². The molecule has 0 aromatic heterocycles. The molecule has 27 heavy (non-hydrogen) atoms. The highest BCUT2D eigenvalue weighted by atomic mass is 35.5. The summed E-state index contributed by atoms with van der Waals surface area (Å²) in [7, 11) is 0. The second-order valence-corrected chi connectivity index (χ2v) is 6.36. The Hall–Kier alpha value is -2.70. The molecule has 0 spiro atoms. The lowest BCUT2D eigenvalue weighted by Gasteiger charge is -2.18. The number of hydrogen-bond acceptors (Lipinski definition) is 4. The van der Waals surface area contributed by atoms with Crippen LogP contribution in [0.4, 0.5) is 11.4 Å². The van der Waals surface area contributed by atoms with Gasteiger partial charge in [-0.3, -0.25) is 19.8 Å². The Morgan fingerprint density at radius 1 is 1.19 bits per heavy atom. The molecule has 0 unspecified atom stereocenters. The van der Waals surface area contributed by atoms with Gasteiger partial charge in [-0.15, -0.1) is 0 Å². The fourth-order valence-corrected chi connectivity index (χ4v) is 2.71. The number of rotatable bonds is 8. The number of halogens is 1. The average Bonchev–Trinajstić information content (AvgIpc) is 2.66. The smallest absolute Gasteiger partial charge is 0.288 e. The van der Waals surface area contributed by atoms with E-state index in [9.17, 15) is 14.9 Å². The number of carbonyl (C=O) groups excluding carboxylic acids is 1. The van der Waals surface area contributed by atoms with E-state index in [1.54, 1.807) is 6.07 Å². The van der Waals surface area contributed by atoms with E-state index in [0.29, 0.717) is 11.3 Å². The molecule has 2 aromatic carbocycles. The van der Waals surface area contributed by atoms with Crippen LogP contribution in [0, 0.1) is 10.1 Å². The van der Waals surface area contributed by atoms with Crippen molar-refractivity contribution >= 4 is 35.0 Å². The molecule has 0 aliphatic heterocycles. The van der Waals surface area contributed by atoms with Gasteiger partial charge in [-0.05, 0) is 48.5 Å². The third-order valence-electron chi connectivity index (χ3n) is 4.12. The number of benzene rings is 2. The average molecular weight is 388 g/mol. The zero-order valence-electron chi connectivity index (χ0n) is 15.3. The molecule has 0 atom stereocenters. The molecule has 0 aliphatic carbocycles. The van der Waals surface area contributed by atoms with Crippen LogP contribution in [0.1, 0.15) is 25.0 Å². The van der Waals surface area contributed by atoms with E-state index in [2.05, 4.69) is 24.1 Å². The van der Waals surface area contributed by atoms with E-state index in [-0.39, 0.29) is 16.6 Å². The van der Waals surface area contributed by atoms with Gasteiger partial charge in [-0.25, -0.2) is 0 Å². The topological polar surface area (TPSA) is 75.5 Å².